The number of aryl methyl sites for hydroxylation is 1. The van der Waals surface area contributed by atoms with Crippen LogP contribution < -0.4 is 0 Å². The molecule has 0 amide bonds. The van der Waals surface area contributed by atoms with Crippen molar-refractivity contribution in [2.45, 2.75) is 85.0 Å². The van der Waals surface area contributed by atoms with Gasteiger partial charge in [0.1, 0.15) is 5.82 Å². The first-order valence-electron chi connectivity index (χ1n) is 9.40. The van der Waals surface area contributed by atoms with Crippen LogP contribution in [0.4, 0.5) is 4.39 Å². The first-order valence-corrected chi connectivity index (χ1v) is 9.40. The Morgan fingerprint density at radius 1 is 0.818 bits per heavy atom. The van der Waals surface area contributed by atoms with E-state index in [0.29, 0.717) is 0 Å². The highest BCUT2D eigenvalue weighted by atomic mass is 19.1. The van der Waals surface area contributed by atoms with Gasteiger partial charge in [-0.1, -0.05) is 84.3 Å². The smallest absolute Gasteiger partial charge is 0.123 e. The van der Waals surface area contributed by atoms with Gasteiger partial charge in [0.25, 0.3) is 0 Å². The largest absolute Gasteiger partial charge is 0.207 e. The fraction of sp³-hybridized carbons (Fsp3) is 0.714. The lowest BCUT2D eigenvalue weighted by Crippen LogP contribution is -2.03. The summed E-state index contributed by atoms with van der Waals surface area (Å²) in [6, 6.07) is 7.01. The second kappa shape index (κ2) is 11.7. The zero-order chi connectivity index (χ0) is 16.2. The Balaban J connectivity index is 2.23. The van der Waals surface area contributed by atoms with Crippen molar-refractivity contribution in [2.75, 3.05) is 0 Å². The molecule has 0 aromatic heterocycles. The second-order valence-electron chi connectivity index (χ2n) is 7.00. The monoisotopic (exact) mass is 306 g/mol. The molecule has 0 nitrogen and oxygen atoms in total. The summed E-state index contributed by atoms with van der Waals surface area (Å²) in [5.41, 5.74) is 1.27. The molecule has 126 valence electrons. The van der Waals surface area contributed by atoms with Crippen LogP contribution in [0.1, 0.15) is 84.1 Å². The fourth-order valence-electron chi connectivity index (χ4n) is 3.48. The summed E-state index contributed by atoms with van der Waals surface area (Å²) in [7, 11) is 0. The van der Waals surface area contributed by atoms with Gasteiger partial charge in [0, 0.05) is 0 Å². The molecule has 0 saturated carbocycles. The third kappa shape index (κ3) is 8.56. The van der Waals surface area contributed by atoms with E-state index in [4.69, 9.17) is 0 Å². The van der Waals surface area contributed by atoms with Gasteiger partial charge in [-0.15, -0.1) is 0 Å². The minimum Gasteiger partial charge on any atom is -0.207 e. The van der Waals surface area contributed by atoms with Crippen molar-refractivity contribution >= 4 is 0 Å². The van der Waals surface area contributed by atoms with E-state index in [2.05, 4.69) is 20.8 Å². The summed E-state index contributed by atoms with van der Waals surface area (Å²) in [5, 5.41) is 0. The molecule has 22 heavy (non-hydrogen) atoms. The Kier molecular flexibility index (Phi) is 10.2. The predicted octanol–water partition coefficient (Wildman–Crippen LogP) is 7.17. The third-order valence-corrected chi connectivity index (χ3v) is 4.78. The maximum Gasteiger partial charge on any atom is 0.123 e. The molecule has 0 N–H and O–H groups in total. The molecule has 1 rings (SSSR count). The zero-order valence-electron chi connectivity index (χ0n) is 14.9. The molecule has 0 heterocycles. The number of hydrogen-bond donors (Lipinski definition) is 0. The Hall–Kier alpha value is -0.850. The van der Waals surface area contributed by atoms with Crippen molar-refractivity contribution in [3.05, 3.63) is 35.6 Å². The van der Waals surface area contributed by atoms with Crippen LogP contribution in [-0.2, 0) is 6.42 Å². The van der Waals surface area contributed by atoms with E-state index >= 15 is 0 Å². The maximum atomic E-state index is 12.9. The second-order valence-corrected chi connectivity index (χ2v) is 7.00. The van der Waals surface area contributed by atoms with Gasteiger partial charge in [-0.2, -0.15) is 0 Å². The van der Waals surface area contributed by atoms with Crippen LogP contribution in [0.5, 0.6) is 0 Å². The van der Waals surface area contributed by atoms with Crippen LogP contribution in [0, 0.1) is 17.7 Å². The molecule has 0 spiro atoms. The number of rotatable bonds is 12. The minimum atomic E-state index is -0.131. The van der Waals surface area contributed by atoms with Crippen molar-refractivity contribution in [1.29, 1.82) is 0 Å². The molecule has 0 saturated heterocycles. The molecule has 0 aliphatic carbocycles. The summed E-state index contributed by atoms with van der Waals surface area (Å²) in [6.45, 7) is 6.98. The highest BCUT2D eigenvalue weighted by molar-refractivity contribution is 5.15. The van der Waals surface area contributed by atoms with Crippen molar-refractivity contribution in [3.8, 4) is 0 Å². The van der Waals surface area contributed by atoms with E-state index < -0.39 is 0 Å². The van der Waals surface area contributed by atoms with Crippen LogP contribution in [0.25, 0.3) is 0 Å². The predicted molar refractivity (Wildman–Crippen MR) is 95.7 cm³/mol. The van der Waals surface area contributed by atoms with E-state index in [-0.39, 0.29) is 5.82 Å². The quantitative estimate of drug-likeness (QED) is 0.384. The molecular weight excluding hydrogens is 271 g/mol. The first kappa shape index (κ1) is 19.2. The van der Waals surface area contributed by atoms with Crippen LogP contribution in [0.3, 0.4) is 0 Å². The molecule has 1 aromatic carbocycles. The maximum absolute atomic E-state index is 12.9. The zero-order valence-corrected chi connectivity index (χ0v) is 14.9. The van der Waals surface area contributed by atoms with Crippen molar-refractivity contribution in [3.63, 3.8) is 0 Å². The van der Waals surface area contributed by atoms with Gasteiger partial charge in [-0.3, -0.25) is 0 Å². The molecule has 1 aromatic rings. The van der Waals surface area contributed by atoms with Crippen LogP contribution in [-0.4, -0.2) is 0 Å². The summed E-state index contributed by atoms with van der Waals surface area (Å²) in [5.74, 6) is 1.65. The molecule has 0 aliphatic rings. The van der Waals surface area contributed by atoms with Crippen molar-refractivity contribution < 1.29 is 4.39 Å². The lowest BCUT2D eigenvalue weighted by atomic mass is 9.89. The first-order chi connectivity index (χ1) is 10.7. The van der Waals surface area contributed by atoms with Crippen molar-refractivity contribution in [2.24, 2.45) is 11.8 Å². The Morgan fingerprint density at radius 2 is 1.45 bits per heavy atom. The SMILES string of the molecule is CCCC(C)CCCC(CCC)CCCc1ccc(F)cc1. The topological polar surface area (TPSA) is 0 Å². The molecule has 2 atom stereocenters. The fourth-order valence-corrected chi connectivity index (χ4v) is 3.48. The minimum absolute atomic E-state index is 0.131. The Morgan fingerprint density at radius 3 is 2.09 bits per heavy atom. The number of benzene rings is 1. The third-order valence-electron chi connectivity index (χ3n) is 4.78. The standard InChI is InChI=1S/C21H35F/c1-4-8-18(3)10-6-11-19(9-5-2)12-7-13-20-14-16-21(22)17-15-20/h14-19H,4-13H2,1-3H3. The number of hydrogen-bond acceptors (Lipinski definition) is 0. The molecular formula is C21H35F. The van der Waals surface area contributed by atoms with Gasteiger partial charge < -0.3 is 0 Å². The molecule has 0 aliphatic heterocycles. The Bertz CT molecular complexity index is 368. The van der Waals surface area contributed by atoms with Gasteiger partial charge in [-0.05, 0) is 42.4 Å². The van der Waals surface area contributed by atoms with Crippen LogP contribution >= 0.6 is 0 Å². The molecule has 0 fully saturated rings. The average molecular weight is 307 g/mol. The van der Waals surface area contributed by atoms with E-state index in [1.165, 1.54) is 63.4 Å². The van der Waals surface area contributed by atoms with E-state index in [1.54, 1.807) is 12.1 Å². The molecule has 0 bridgehead atoms. The number of halogens is 1. The van der Waals surface area contributed by atoms with E-state index in [0.717, 1.165) is 18.3 Å². The molecule has 2 unspecified atom stereocenters. The van der Waals surface area contributed by atoms with Crippen LogP contribution in [0.15, 0.2) is 24.3 Å². The summed E-state index contributed by atoms with van der Waals surface area (Å²) >= 11 is 0. The van der Waals surface area contributed by atoms with Gasteiger partial charge in [0.15, 0.2) is 0 Å². The van der Waals surface area contributed by atoms with Gasteiger partial charge in [0.05, 0.1) is 0 Å². The van der Waals surface area contributed by atoms with Gasteiger partial charge >= 0.3 is 0 Å². The lowest BCUT2D eigenvalue weighted by Gasteiger charge is -2.17. The normalized spacial score (nSPS) is 14.0. The van der Waals surface area contributed by atoms with E-state index in [1.807, 2.05) is 12.1 Å². The van der Waals surface area contributed by atoms with Gasteiger partial charge in [0.2, 0.25) is 0 Å². The molecule has 0 radical (unpaired) electrons. The highest BCUT2D eigenvalue weighted by Crippen LogP contribution is 2.24. The summed E-state index contributed by atoms with van der Waals surface area (Å²) < 4.78 is 12.9. The van der Waals surface area contributed by atoms with E-state index in [9.17, 15) is 4.39 Å². The summed E-state index contributed by atoms with van der Waals surface area (Å²) in [6.07, 6.45) is 13.2. The Labute approximate surface area is 137 Å². The van der Waals surface area contributed by atoms with Crippen molar-refractivity contribution in [1.82, 2.24) is 0 Å². The van der Waals surface area contributed by atoms with Gasteiger partial charge in [-0.25, -0.2) is 4.39 Å². The average Bonchev–Trinajstić information content (AvgIpc) is 2.49. The summed E-state index contributed by atoms with van der Waals surface area (Å²) in [4.78, 5) is 0. The highest BCUT2D eigenvalue weighted by Gasteiger charge is 2.09. The lowest BCUT2D eigenvalue weighted by molar-refractivity contribution is 0.364. The molecule has 1 heteroatoms. The van der Waals surface area contributed by atoms with Crippen LogP contribution in [0.2, 0.25) is 0 Å².